The molecule has 0 aliphatic heterocycles. The van der Waals surface area contributed by atoms with Crippen LogP contribution in [0.5, 0.6) is 11.6 Å². The first-order chi connectivity index (χ1) is 22.4. The molecule has 1 aromatic heterocycles. The number of aromatic nitrogens is 2. The molecule has 0 spiro atoms. The molecule has 0 aliphatic rings. The van der Waals surface area contributed by atoms with Crippen molar-refractivity contribution >= 4 is 42.2 Å². The number of halogens is 1. The highest BCUT2D eigenvalue weighted by Crippen LogP contribution is 2.36. The number of carbonyl (C=O) groups excluding carboxylic acids is 2. The predicted octanol–water partition coefficient (Wildman–Crippen LogP) is 3.18. The molecular weight excluding hydrogens is 714 g/mol. The molecule has 1 amide bonds. The third kappa shape index (κ3) is 14.9. The molecule has 0 saturated heterocycles. The van der Waals surface area contributed by atoms with Crippen molar-refractivity contribution in [2.45, 2.75) is 71.1 Å². The molecule has 1 heterocycles. The Labute approximate surface area is 286 Å². The van der Waals surface area contributed by atoms with Gasteiger partial charge in [-0.05, 0) is 64.7 Å². The second-order valence-electron chi connectivity index (χ2n) is 11.9. The number of nitrogens with zero attached hydrogens (tertiary/aromatic N) is 3. The molecule has 1 aromatic carbocycles. The van der Waals surface area contributed by atoms with Gasteiger partial charge in [-0.2, -0.15) is 30.2 Å². The number of carbonyl (C=O) groups is 2. The first-order valence-corrected chi connectivity index (χ1v) is 20.2. The minimum Gasteiger partial charge on any atom is -0.444 e. The third-order valence-electron chi connectivity index (χ3n) is 6.34. The SMILES string of the molecule is CCN(C(=O)OC(C)(C)C)C(CC[C@@H](COS(C)(=O)=O)OC)c1nc(OS(C)(=O)=O)c(OS(C)(=O)=O)c(C(=O)CCc2ccc(F)cc2)n1. The van der Waals surface area contributed by atoms with Gasteiger partial charge in [-0.1, -0.05) is 12.1 Å². The maximum atomic E-state index is 13.7. The molecule has 0 bridgehead atoms. The highest BCUT2D eigenvalue weighted by Gasteiger charge is 2.35. The fourth-order valence-corrected chi connectivity index (χ4v) is 5.52. The molecule has 2 atom stereocenters. The molecule has 276 valence electrons. The Kier molecular flexibility index (Phi) is 14.4. The number of aryl methyl sites for hydroxylation is 1. The average molecular weight is 756 g/mol. The van der Waals surface area contributed by atoms with E-state index in [9.17, 15) is 39.2 Å². The second kappa shape index (κ2) is 17.0. The number of amides is 1. The number of hydrogen-bond acceptors (Lipinski definition) is 15. The van der Waals surface area contributed by atoms with E-state index < -0.39 is 89.7 Å². The van der Waals surface area contributed by atoms with Gasteiger partial charge in [0.05, 0.1) is 37.5 Å². The molecule has 0 fully saturated rings. The van der Waals surface area contributed by atoms with Crippen LogP contribution < -0.4 is 8.37 Å². The van der Waals surface area contributed by atoms with Crippen LogP contribution >= 0.6 is 0 Å². The van der Waals surface area contributed by atoms with Crippen molar-refractivity contribution < 1.29 is 61.3 Å². The van der Waals surface area contributed by atoms with Crippen molar-refractivity contribution in [3.63, 3.8) is 0 Å². The highest BCUT2D eigenvalue weighted by molar-refractivity contribution is 7.86. The number of ether oxygens (including phenoxy) is 2. The summed E-state index contributed by atoms with van der Waals surface area (Å²) < 4.78 is 112. The molecule has 2 rings (SSSR count). The molecule has 0 radical (unpaired) electrons. The van der Waals surface area contributed by atoms with Crippen LogP contribution in [0.15, 0.2) is 24.3 Å². The van der Waals surface area contributed by atoms with Crippen LogP contribution in [0, 0.1) is 5.82 Å². The Balaban J connectivity index is 2.81. The van der Waals surface area contributed by atoms with Crippen LogP contribution in [0.2, 0.25) is 0 Å². The topological polar surface area (TPSA) is 212 Å². The van der Waals surface area contributed by atoms with Crippen molar-refractivity contribution in [1.29, 1.82) is 0 Å². The molecule has 16 nitrogen and oxygen atoms in total. The van der Waals surface area contributed by atoms with E-state index in [1.54, 1.807) is 27.7 Å². The van der Waals surface area contributed by atoms with Crippen LogP contribution in [-0.2, 0) is 50.4 Å². The van der Waals surface area contributed by atoms with Gasteiger partial charge in [0.25, 0.3) is 16.0 Å². The van der Waals surface area contributed by atoms with Gasteiger partial charge in [-0.15, -0.1) is 0 Å². The van der Waals surface area contributed by atoms with E-state index >= 15 is 0 Å². The van der Waals surface area contributed by atoms with Crippen molar-refractivity contribution in [1.82, 2.24) is 14.9 Å². The van der Waals surface area contributed by atoms with Gasteiger partial charge in [0.15, 0.2) is 17.3 Å². The summed E-state index contributed by atoms with van der Waals surface area (Å²) in [6.07, 6.45) is 0.0873. The van der Waals surface area contributed by atoms with Crippen LogP contribution in [-0.4, -0.2) is 103 Å². The lowest BCUT2D eigenvalue weighted by Gasteiger charge is -2.33. The molecule has 0 aliphatic carbocycles. The number of methoxy groups -OCH3 is 1. The van der Waals surface area contributed by atoms with E-state index in [-0.39, 0.29) is 38.1 Å². The zero-order valence-corrected chi connectivity index (χ0v) is 30.9. The second-order valence-corrected chi connectivity index (χ2v) is 16.7. The van der Waals surface area contributed by atoms with Crippen molar-refractivity contribution in [3.05, 3.63) is 47.2 Å². The number of hydrogen-bond donors (Lipinski definition) is 0. The molecule has 20 heteroatoms. The first-order valence-electron chi connectivity index (χ1n) is 14.8. The van der Waals surface area contributed by atoms with Gasteiger partial charge < -0.3 is 17.8 Å². The van der Waals surface area contributed by atoms with Gasteiger partial charge in [-0.25, -0.2) is 14.2 Å². The van der Waals surface area contributed by atoms with Crippen LogP contribution in [0.25, 0.3) is 0 Å². The minimum atomic E-state index is -4.43. The summed E-state index contributed by atoms with van der Waals surface area (Å²) in [5.41, 5.74) is -1.10. The number of rotatable bonds is 18. The van der Waals surface area contributed by atoms with Gasteiger partial charge in [0.1, 0.15) is 11.4 Å². The normalized spacial score (nSPS) is 13.7. The molecule has 2 aromatic rings. The van der Waals surface area contributed by atoms with Gasteiger partial charge in [0.2, 0.25) is 5.75 Å². The Morgan fingerprint density at radius 2 is 1.49 bits per heavy atom. The smallest absolute Gasteiger partial charge is 0.410 e. The Bertz CT molecular complexity index is 1800. The van der Waals surface area contributed by atoms with E-state index in [0.29, 0.717) is 18.1 Å². The molecule has 0 saturated carbocycles. The van der Waals surface area contributed by atoms with Crippen molar-refractivity contribution in [2.24, 2.45) is 0 Å². The van der Waals surface area contributed by atoms with E-state index in [0.717, 1.165) is 6.26 Å². The molecule has 0 N–H and O–H groups in total. The van der Waals surface area contributed by atoms with Crippen molar-refractivity contribution in [3.8, 4) is 11.6 Å². The van der Waals surface area contributed by atoms with Gasteiger partial charge in [-0.3, -0.25) is 13.9 Å². The quantitative estimate of drug-likeness (QED) is 0.158. The molecular formula is C29H42FN3O13S3. The maximum Gasteiger partial charge on any atom is 0.410 e. The minimum absolute atomic E-state index is 0.0110. The number of ketones is 1. The summed E-state index contributed by atoms with van der Waals surface area (Å²) in [5.74, 6) is -3.55. The zero-order chi connectivity index (χ0) is 37.4. The molecule has 1 unspecified atom stereocenters. The van der Waals surface area contributed by atoms with Gasteiger partial charge in [0, 0.05) is 20.1 Å². The highest BCUT2D eigenvalue weighted by atomic mass is 32.2. The summed E-state index contributed by atoms with van der Waals surface area (Å²) in [6.45, 7) is 6.06. The van der Waals surface area contributed by atoms with Gasteiger partial charge >= 0.3 is 26.3 Å². The maximum absolute atomic E-state index is 13.7. The Morgan fingerprint density at radius 3 is 1.98 bits per heavy atom. The monoisotopic (exact) mass is 755 g/mol. The summed E-state index contributed by atoms with van der Waals surface area (Å²) in [5, 5.41) is 0. The lowest BCUT2D eigenvalue weighted by molar-refractivity contribution is 0.0100. The lowest BCUT2D eigenvalue weighted by Crippen LogP contribution is -2.40. The molecule has 49 heavy (non-hydrogen) atoms. The Morgan fingerprint density at radius 1 is 0.898 bits per heavy atom. The number of benzene rings is 1. The van der Waals surface area contributed by atoms with E-state index in [1.807, 2.05) is 0 Å². The summed E-state index contributed by atoms with van der Waals surface area (Å²) in [6, 6.07) is 4.04. The van der Waals surface area contributed by atoms with E-state index in [1.165, 1.54) is 36.3 Å². The van der Waals surface area contributed by atoms with Crippen LogP contribution in [0.1, 0.15) is 74.9 Å². The largest absolute Gasteiger partial charge is 0.444 e. The number of Topliss-reactive ketones (excluding diaryl/α,β-unsaturated/α-hetero) is 1. The lowest BCUT2D eigenvalue weighted by atomic mass is 10.0. The standard InChI is InChI=1S/C29H42FN3O13S3/c1-9-33(28(35)44-29(2,3)4)22(16-15-21(42-5)18-43-47(6,36)37)26-31-24(23(34)17-12-19-10-13-20(30)14-11-19)25(45-48(7,38)39)27(32-26)46-49(8,40)41/h10-11,13-14,21-22H,9,12,15-18H2,1-8H3/t21-,22?/m0/s1. The fourth-order valence-electron chi connectivity index (χ4n) is 4.27. The summed E-state index contributed by atoms with van der Waals surface area (Å²) in [4.78, 5) is 36.8. The van der Waals surface area contributed by atoms with E-state index in [4.69, 9.17) is 22.0 Å². The van der Waals surface area contributed by atoms with Crippen molar-refractivity contribution in [2.75, 3.05) is 39.0 Å². The van der Waals surface area contributed by atoms with E-state index in [2.05, 4.69) is 9.97 Å². The summed E-state index contributed by atoms with van der Waals surface area (Å²) in [7, 11) is -11.4. The third-order valence-corrected chi connectivity index (χ3v) is 7.84. The van der Waals surface area contributed by atoms with Crippen LogP contribution in [0.3, 0.4) is 0 Å². The first kappa shape index (κ1) is 41.7. The predicted molar refractivity (Wildman–Crippen MR) is 174 cm³/mol. The summed E-state index contributed by atoms with van der Waals surface area (Å²) >= 11 is 0. The fraction of sp³-hybridized carbons (Fsp3) is 0.586. The van der Waals surface area contributed by atoms with Crippen LogP contribution in [0.4, 0.5) is 9.18 Å². The zero-order valence-electron chi connectivity index (χ0n) is 28.5. The Hall–Kier alpha value is -3.46. The average Bonchev–Trinajstić information content (AvgIpc) is 2.94.